The van der Waals surface area contributed by atoms with Crippen LogP contribution in [-0.2, 0) is 13.2 Å². The van der Waals surface area contributed by atoms with Gasteiger partial charge < -0.3 is 14.6 Å². The molecule has 10 heteroatoms. The Labute approximate surface area is 186 Å². The molecule has 0 atom stereocenters. The van der Waals surface area contributed by atoms with Gasteiger partial charge in [-0.1, -0.05) is 28.9 Å². The van der Waals surface area contributed by atoms with Crippen molar-refractivity contribution >= 4 is 23.2 Å². The lowest BCUT2D eigenvalue weighted by Gasteiger charge is -2.09. The summed E-state index contributed by atoms with van der Waals surface area (Å²) < 4.78 is 39.1. The molecule has 0 unspecified atom stereocenters. The molecular formula is C22H17ClF2N4O3. The molecule has 0 aliphatic heterocycles. The van der Waals surface area contributed by atoms with Gasteiger partial charge in [-0.15, -0.1) is 0 Å². The highest BCUT2D eigenvalue weighted by atomic mass is 35.5. The molecular weight excluding hydrogens is 442 g/mol. The molecule has 0 radical (unpaired) electrons. The van der Waals surface area contributed by atoms with Gasteiger partial charge in [-0.05, 0) is 36.8 Å². The normalized spacial score (nSPS) is 10.9. The quantitative estimate of drug-likeness (QED) is 0.422. The Bertz CT molecular complexity index is 1250. The van der Waals surface area contributed by atoms with E-state index in [0.29, 0.717) is 34.6 Å². The Kier molecular flexibility index (Phi) is 6.18. The van der Waals surface area contributed by atoms with Crippen molar-refractivity contribution in [2.75, 3.05) is 5.32 Å². The van der Waals surface area contributed by atoms with Crippen LogP contribution >= 0.6 is 11.6 Å². The average molecular weight is 459 g/mol. The number of ether oxygens (including phenoxy) is 1. The number of halogens is 3. The first-order chi connectivity index (χ1) is 15.4. The molecule has 4 aromatic rings. The van der Waals surface area contributed by atoms with Crippen LogP contribution in [0, 0.1) is 18.6 Å². The number of hydrogen-bond donors (Lipinski definition) is 1. The minimum absolute atomic E-state index is 0.0141. The standard InChI is InChI=1S/C22H17ClF2N4O3/c1-13-18(12-31-20-7-4-16(24)8-19(20)25)21(28-32-13)22(30)27-17-5-2-14(3-6-17)10-29-11-15(23)9-26-29/h2-9,11H,10,12H2,1H3,(H,27,30). The van der Waals surface area contributed by atoms with Crippen LogP contribution in [0.25, 0.3) is 0 Å². The summed E-state index contributed by atoms with van der Waals surface area (Å²) in [6.45, 7) is 1.97. The van der Waals surface area contributed by atoms with E-state index in [1.165, 1.54) is 6.07 Å². The van der Waals surface area contributed by atoms with Gasteiger partial charge >= 0.3 is 0 Å². The number of benzene rings is 2. The summed E-state index contributed by atoms with van der Waals surface area (Å²) in [5, 5.41) is 11.2. The summed E-state index contributed by atoms with van der Waals surface area (Å²) in [4.78, 5) is 12.7. The fourth-order valence-electron chi connectivity index (χ4n) is 2.98. The van der Waals surface area contributed by atoms with E-state index in [9.17, 15) is 13.6 Å². The third-order valence-corrected chi connectivity index (χ3v) is 4.82. The number of aryl methyl sites for hydroxylation is 1. The van der Waals surface area contributed by atoms with Gasteiger partial charge in [-0.25, -0.2) is 8.78 Å². The molecule has 7 nitrogen and oxygen atoms in total. The predicted octanol–water partition coefficient (Wildman–Crippen LogP) is 4.99. The molecule has 164 valence electrons. The minimum atomic E-state index is -0.845. The van der Waals surface area contributed by atoms with Crippen LogP contribution < -0.4 is 10.1 Å². The molecule has 0 aliphatic rings. The molecule has 2 aromatic heterocycles. The van der Waals surface area contributed by atoms with E-state index in [2.05, 4.69) is 15.6 Å². The second-order valence-electron chi connectivity index (χ2n) is 6.94. The highest BCUT2D eigenvalue weighted by Crippen LogP contribution is 2.22. The Morgan fingerprint density at radius 3 is 2.69 bits per heavy atom. The zero-order chi connectivity index (χ0) is 22.7. The largest absolute Gasteiger partial charge is 0.486 e. The highest BCUT2D eigenvalue weighted by Gasteiger charge is 2.21. The number of nitrogens with one attached hydrogen (secondary N) is 1. The van der Waals surface area contributed by atoms with Crippen LogP contribution in [-0.4, -0.2) is 20.8 Å². The maximum absolute atomic E-state index is 13.8. The number of carbonyl (C=O) groups excluding carboxylic acids is 1. The lowest BCUT2D eigenvalue weighted by Crippen LogP contribution is -2.15. The topological polar surface area (TPSA) is 82.2 Å². The third kappa shape index (κ3) is 4.94. The summed E-state index contributed by atoms with van der Waals surface area (Å²) in [5.41, 5.74) is 1.89. The predicted molar refractivity (Wildman–Crippen MR) is 113 cm³/mol. The number of nitrogens with zero attached hydrogens (tertiary/aromatic N) is 3. The third-order valence-electron chi connectivity index (χ3n) is 4.62. The summed E-state index contributed by atoms with van der Waals surface area (Å²) in [7, 11) is 0. The molecule has 0 spiro atoms. The molecule has 2 heterocycles. The van der Waals surface area contributed by atoms with Gasteiger partial charge in [0, 0.05) is 18.0 Å². The SMILES string of the molecule is Cc1onc(C(=O)Nc2ccc(Cn3cc(Cl)cn3)cc2)c1COc1ccc(F)cc1F. The van der Waals surface area contributed by atoms with E-state index in [-0.39, 0.29) is 18.1 Å². The number of hydrogen-bond acceptors (Lipinski definition) is 5. The molecule has 4 rings (SSSR count). The van der Waals surface area contributed by atoms with Crippen molar-refractivity contribution in [1.29, 1.82) is 0 Å². The molecule has 1 N–H and O–H groups in total. The lowest BCUT2D eigenvalue weighted by atomic mass is 10.1. The van der Waals surface area contributed by atoms with Gasteiger partial charge in [0.25, 0.3) is 5.91 Å². The van der Waals surface area contributed by atoms with Crippen molar-refractivity contribution in [1.82, 2.24) is 14.9 Å². The Morgan fingerprint density at radius 2 is 2.00 bits per heavy atom. The maximum Gasteiger partial charge on any atom is 0.278 e. The molecule has 32 heavy (non-hydrogen) atoms. The lowest BCUT2D eigenvalue weighted by molar-refractivity contribution is 0.101. The summed E-state index contributed by atoms with van der Waals surface area (Å²) in [6, 6.07) is 10.2. The summed E-state index contributed by atoms with van der Waals surface area (Å²) in [5.74, 6) is -1.86. The fourth-order valence-corrected chi connectivity index (χ4v) is 3.13. The van der Waals surface area contributed by atoms with E-state index in [0.717, 1.165) is 11.6 Å². The molecule has 0 bridgehead atoms. The minimum Gasteiger partial charge on any atom is -0.486 e. The zero-order valence-electron chi connectivity index (χ0n) is 16.8. The first-order valence-electron chi connectivity index (χ1n) is 9.50. The number of rotatable bonds is 7. The van der Waals surface area contributed by atoms with Crippen LogP contribution in [0.4, 0.5) is 14.5 Å². The Balaban J connectivity index is 1.42. The van der Waals surface area contributed by atoms with E-state index in [1.54, 1.807) is 36.1 Å². The van der Waals surface area contributed by atoms with Crippen molar-refractivity contribution in [2.24, 2.45) is 0 Å². The maximum atomic E-state index is 13.8. The van der Waals surface area contributed by atoms with Gasteiger partial charge in [0.2, 0.25) is 0 Å². The van der Waals surface area contributed by atoms with Gasteiger partial charge in [0.05, 0.1) is 23.3 Å². The van der Waals surface area contributed by atoms with Crippen LogP contribution in [0.15, 0.2) is 59.4 Å². The molecule has 2 aromatic carbocycles. The van der Waals surface area contributed by atoms with Crippen LogP contribution in [0.5, 0.6) is 5.75 Å². The molecule has 0 fully saturated rings. The van der Waals surface area contributed by atoms with Crippen molar-refractivity contribution in [3.8, 4) is 5.75 Å². The number of anilines is 1. The van der Waals surface area contributed by atoms with Crippen molar-refractivity contribution < 1.29 is 22.8 Å². The van der Waals surface area contributed by atoms with E-state index >= 15 is 0 Å². The zero-order valence-corrected chi connectivity index (χ0v) is 17.6. The number of aromatic nitrogens is 3. The molecule has 1 amide bonds. The molecule has 0 saturated heterocycles. The second-order valence-corrected chi connectivity index (χ2v) is 7.37. The van der Waals surface area contributed by atoms with E-state index in [4.69, 9.17) is 20.9 Å². The van der Waals surface area contributed by atoms with Gasteiger partial charge in [0.1, 0.15) is 18.2 Å². The van der Waals surface area contributed by atoms with Crippen LogP contribution in [0.2, 0.25) is 5.02 Å². The Hall–Kier alpha value is -3.72. The van der Waals surface area contributed by atoms with Gasteiger partial charge in [0.15, 0.2) is 17.3 Å². The molecule has 0 saturated carbocycles. The van der Waals surface area contributed by atoms with E-state index < -0.39 is 17.5 Å². The monoisotopic (exact) mass is 458 g/mol. The van der Waals surface area contributed by atoms with Crippen molar-refractivity contribution in [3.05, 3.63) is 94.1 Å². The average Bonchev–Trinajstić information content (AvgIpc) is 3.34. The number of amides is 1. The van der Waals surface area contributed by atoms with Crippen molar-refractivity contribution in [3.63, 3.8) is 0 Å². The first kappa shape index (κ1) is 21.5. The van der Waals surface area contributed by atoms with Gasteiger partial charge in [-0.2, -0.15) is 5.10 Å². The van der Waals surface area contributed by atoms with E-state index in [1.807, 2.05) is 12.1 Å². The second kappa shape index (κ2) is 9.19. The van der Waals surface area contributed by atoms with Gasteiger partial charge in [-0.3, -0.25) is 9.48 Å². The first-order valence-corrected chi connectivity index (χ1v) is 9.88. The number of carbonyl (C=O) groups is 1. The highest BCUT2D eigenvalue weighted by molar-refractivity contribution is 6.30. The summed E-state index contributed by atoms with van der Waals surface area (Å²) in [6.07, 6.45) is 3.27. The molecule has 0 aliphatic carbocycles. The summed E-state index contributed by atoms with van der Waals surface area (Å²) >= 11 is 5.87. The Morgan fingerprint density at radius 1 is 1.22 bits per heavy atom. The smallest absolute Gasteiger partial charge is 0.278 e. The van der Waals surface area contributed by atoms with Crippen molar-refractivity contribution in [2.45, 2.75) is 20.1 Å². The van der Waals surface area contributed by atoms with Crippen LogP contribution in [0.1, 0.15) is 27.4 Å². The van der Waals surface area contributed by atoms with Crippen LogP contribution in [0.3, 0.4) is 0 Å². The fraction of sp³-hybridized carbons (Fsp3) is 0.136.